The first-order valence-corrected chi connectivity index (χ1v) is 8.12. The van der Waals surface area contributed by atoms with Crippen molar-refractivity contribution in [1.29, 1.82) is 0 Å². The zero-order valence-corrected chi connectivity index (χ0v) is 13.7. The molecule has 0 spiro atoms. The second-order valence-corrected chi connectivity index (χ2v) is 6.18. The van der Waals surface area contributed by atoms with Crippen LogP contribution in [0.25, 0.3) is 0 Å². The van der Waals surface area contributed by atoms with Gasteiger partial charge in [0.25, 0.3) is 0 Å². The fourth-order valence-electron chi connectivity index (χ4n) is 2.97. The Morgan fingerprint density at radius 1 is 1.21 bits per heavy atom. The van der Waals surface area contributed by atoms with Crippen LogP contribution in [-0.2, 0) is 11.2 Å². The molecule has 6 heteroatoms. The van der Waals surface area contributed by atoms with Gasteiger partial charge in [-0.1, -0.05) is 29.8 Å². The largest absolute Gasteiger partial charge is 0.333 e. The summed E-state index contributed by atoms with van der Waals surface area (Å²) >= 11 is 6.04. The Kier molecular flexibility index (Phi) is 5.11. The van der Waals surface area contributed by atoms with Crippen LogP contribution in [0.3, 0.4) is 0 Å². The molecule has 1 heterocycles. The second kappa shape index (κ2) is 7.28. The molecule has 0 radical (unpaired) electrons. The van der Waals surface area contributed by atoms with Gasteiger partial charge in [0.1, 0.15) is 11.6 Å². The molecule has 0 saturated carbocycles. The van der Waals surface area contributed by atoms with Crippen LogP contribution in [0.15, 0.2) is 42.5 Å². The summed E-state index contributed by atoms with van der Waals surface area (Å²) in [5.41, 5.74) is 0.711. The standard InChI is InChI=1S/C18H17ClF2N2O/c19-13-4-1-3-12(9-13)17-11-22-7-8-23(17)18(24)10-14-15(20)5-2-6-16(14)21/h1-6,9,17,22H,7-8,10-11H2. The lowest BCUT2D eigenvalue weighted by Crippen LogP contribution is -2.49. The van der Waals surface area contributed by atoms with Gasteiger partial charge in [-0.25, -0.2) is 8.78 Å². The third-order valence-corrected chi connectivity index (χ3v) is 4.42. The summed E-state index contributed by atoms with van der Waals surface area (Å²) in [6, 6.07) is 10.7. The molecule has 3 nitrogen and oxygen atoms in total. The Labute approximate surface area is 144 Å². The summed E-state index contributed by atoms with van der Waals surface area (Å²) in [5, 5.41) is 3.83. The molecule has 0 aliphatic carbocycles. The van der Waals surface area contributed by atoms with Crippen molar-refractivity contribution in [3.8, 4) is 0 Å². The van der Waals surface area contributed by atoms with Gasteiger partial charge in [-0.15, -0.1) is 0 Å². The number of nitrogens with zero attached hydrogens (tertiary/aromatic N) is 1. The summed E-state index contributed by atoms with van der Waals surface area (Å²) in [6.07, 6.45) is -0.296. The zero-order valence-electron chi connectivity index (χ0n) is 12.9. The fourth-order valence-corrected chi connectivity index (χ4v) is 3.17. The third-order valence-electron chi connectivity index (χ3n) is 4.19. The molecule has 1 aliphatic rings. The predicted octanol–water partition coefficient (Wildman–Crippen LogP) is 3.33. The van der Waals surface area contributed by atoms with Gasteiger partial charge < -0.3 is 10.2 Å². The lowest BCUT2D eigenvalue weighted by Gasteiger charge is -2.36. The van der Waals surface area contributed by atoms with E-state index in [0.717, 1.165) is 17.7 Å². The first-order valence-electron chi connectivity index (χ1n) is 7.75. The monoisotopic (exact) mass is 350 g/mol. The van der Waals surface area contributed by atoms with Crippen molar-refractivity contribution in [2.75, 3.05) is 19.6 Å². The molecule has 126 valence electrons. The Balaban J connectivity index is 1.84. The quantitative estimate of drug-likeness (QED) is 0.921. The highest BCUT2D eigenvalue weighted by Gasteiger charge is 2.29. The van der Waals surface area contributed by atoms with Crippen LogP contribution in [0, 0.1) is 11.6 Å². The van der Waals surface area contributed by atoms with Gasteiger partial charge in [0, 0.05) is 30.2 Å². The molecule has 1 fully saturated rings. The lowest BCUT2D eigenvalue weighted by atomic mass is 10.0. The van der Waals surface area contributed by atoms with Crippen LogP contribution in [0.2, 0.25) is 5.02 Å². The van der Waals surface area contributed by atoms with Gasteiger partial charge in [0.15, 0.2) is 0 Å². The van der Waals surface area contributed by atoms with E-state index in [4.69, 9.17) is 11.6 Å². The molecular weight excluding hydrogens is 334 g/mol. The number of amides is 1. The average Bonchev–Trinajstić information content (AvgIpc) is 2.58. The molecule has 24 heavy (non-hydrogen) atoms. The smallest absolute Gasteiger partial charge is 0.227 e. The van der Waals surface area contributed by atoms with Crippen molar-refractivity contribution in [2.24, 2.45) is 0 Å². The summed E-state index contributed by atoms with van der Waals surface area (Å²) in [7, 11) is 0. The van der Waals surface area contributed by atoms with Crippen LogP contribution in [-0.4, -0.2) is 30.4 Å². The average molecular weight is 351 g/mol. The number of piperazine rings is 1. The molecule has 1 amide bonds. The van der Waals surface area contributed by atoms with E-state index in [1.54, 1.807) is 11.0 Å². The van der Waals surface area contributed by atoms with Crippen LogP contribution in [0.1, 0.15) is 17.2 Å². The van der Waals surface area contributed by atoms with Crippen molar-refractivity contribution < 1.29 is 13.6 Å². The van der Waals surface area contributed by atoms with Crippen LogP contribution >= 0.6 is 11.6 Å². The number of benzene rings is 2. The van der Waals surface area contributed by atoms with Crippen molar-refractivity contribution in [3.63, 3.8) is 0 Å². The number of carbonyl (C=O) groups is 1. The number of rotatable bonds is 3. The molecule has 2 aromatic rings. The predicted molar refractivity (Wildman–Crippen MR) is 88.8 cm³/mol. The van der Waals surface area contributed by atoms with Crippen molar-refractivity contribution in [2.45, 2.75) is 12.5 Å². The van der Waals surface area contributed by atoms with E-state index in [9.17, 15) is 13.6 Å². The van der Waals surface area contributed by atoms with Gasteiger partial charge in [-0.05, 0) is 29.8 Å². The van der Waals surface area contributed by atoms with Gasteiger partial charge >= 0.3 is 0 Å². The van der Waals surface area contributed by atoms with Crippen LogP contribution < -0.4 is 5.32 Å². The molecule has 1 unspecified atom stereocenters. The van der Waals surface area contributed by atoms with Crippen LogP contribution in [0.5, 0.6) is 0 Å². The lowest BCUT2D eigenvalue weighted by molar-refractivity contribution is -0.133. The molecule has 2 aromatic carbocycles. The Hall–Kier alpha value is -1.98. The molecule has 1 N–H and O–H groups in total. The Morgan fingerprint density at radius 3 is 2.62 bits per heavy atom. The third kappa shape index (κ3) is 3.57. The number of halogens is 3. The van der Waals surface area contributed by atoms with Gasteiger partial charge in [0.2, 0.25) is 5.91 Å². The normalized spacial score (nSPS) is 17.8. The van der Waals surface area contributed by atoms with Crippen molar-refractivity contribution in [3.05, 3.63) is 70.2 Å². The molecule has 1 saturated heterocycles. The van der Waals surface area contributed by atoms with E-state index in [0.29, 0.717) is 24.7 Å². The SMILES string of the molecule is O=C(Cc1c(F)cccc1F)N1CCNCC1c1cccc(Cl)c1. The highest BCUT2D eigenvalue weighted by Crippen LogP contribution is 2.26. The highest BCUT2D eigenvalue weighted by atomic mass is 35.5. The van der Waals surface area contributed by atoms with E-state index in [2.05, 4.69) is 5.32 Å². The van der Waals surface area contributed by atoms with Crippen molar-refractivity contribution >= 4 is 17.5 Å². The number of hydrogen-bond acceptors (Lipinski definition) is 2. The highest BCUT2D eigenvalue weighted by molar-refractivity contribution is 6.30. The maximum absolute atomic E-state index is 13.8. The molecule has 0 bridgehead atoms. The van der Waals surface area contributed by atoms with E-state index in [-0.39, 0.29) is 23.9 Å². The zero-order chi connectivity index (χ0) is 17.1. The topological polar surface area (TPSA) is 32.3 Å². The fraction of sp³-hybridized carbons (Fsp3) is 0.278. The maximum atomic E-state index is 13.8. The minimum atomic E-state index is -0.696. The number of nitrogens with one attached hydrogen (secondary N) is 1. The second-order valence-electron chi connectivity index (χ2n) is 5.74. The van der Waals surface area contributed by atoms with E-state index in [1.807, 2.05) is 18.2 Å². The van der Waals surface area contributed by atoms with E-state index in [1.165, 1.54) is 6.07 Å². The molecular formula is C18H17ClF2N2O. The Bertz CT molecular complexity index is 733. The first-order chi connectivity index (χ1) is 11.6. The van der Waals surface area contributed by atoms with Gasteiger partial charge in [-0.2, -0.15) is 0 Å². The van der Waals surface area contributed by atoms with Gasteiger partial charge in [0.05, 0.1) is 12.5 Å². The maximum Gasteiger partial charge on any atom is 0.227 e. The summed E-state index contributed by atoms with van der Waals surface area (Å²) in [4.78, 5) is 14.3. The molecule has 3 rings (SSSR count). The molecule has 1 atom stereocenters. The summed E-state index contributed by atoms with van der Waals surface area (Å²) in [5.74, 6) is -1.69. The summed E-state index contributed by atoms with van der Waals surface area (Å²) < 4.78 is 27.6. The minimum absolute atomic E-state index is 0.189. The summed E-state index contributed by atoms with van der Waals surface area (Å²) in [6.45, 7) is 1.69. The Morgan fingerprint density at radius 2 is 1.92 bits per heavy atom. The van der Waals surface area contributed by atoms with Crippen LogP contribution in [0.4, 0.5) is 8.78 Å². The van der Waals surface area contributed by atoms with Gasteiger partial charge in [-0.3, -0.25) is 4.79 Å². The van der Waals surface area contributed by atoms with E-state index < -0.39 is 11.6 Å². The molecule has 0 aromatic heterocycles. The van der Waals surface area contributed by atoms with E-state index >= 15 is 0 Å². The minimum Gasteiger partial charge on any atom is -0.333 e. The van der Waals surface area contributed by atoms with Crippen molar-refractivity contribution in [1.82, 2.24) is 10.2 Å². The number of hydrogen-bond donors (Lipinski definition) is 1. The first kappa shape index (κ1) is 16.9. The number of carbonyl (C=O) groups excluding carboxylic acids is 1. The molecule has 1 aliphatic heterocycles.